The summed E-state index contributed by atoms with van der Waals surface area (Å²) in [6, 6.07) is 6.12. The second kappa shape index (κ2) is 8.19. The molecule has 3 N–H and O–H groups in total. The number of carboxylic acids is 1. The summed E-state index contributed by atoms with van der Waals surface area (Å²) in [5, 5.41) is 13.4. The number of alkyl halides is 3. The minimum Gasteiger partial charge on any atom is -0.482 e. The standard InChI is InChI=1S/C14H18N2O2.C2HF3O2/c17-14-9-18-13-2-1-11(8-12(13)16-14)7-10-3-5-15-6-4-10;3-2(4,5)1(6)7/h1-2,8,10,15H,3-7,9H2,(H,16,17);(H,6,7). The van der Waals surface area contributed by atoms with Crippen LogP contribution in [0.5, 0.6) is 5.75 Å². The van der Waals surface area contributed by atoms with Crippen LogP contribution in [0, 0.1) is 5.92 Å². The lowest BCUT2D eigenvalue weighted by atomic mass is 9.91. The van der Waals surface area contributed by atoms with Crippen molar-refractivity contribution in [1.82, 2.24) is 5.32 Å². The van der Waals surface area contributed by atoms with Gasteiger partial charge in [0.2, 0.25) is 0 Å². The van der Waals surface area contributed by atoms with Crippen molar-refractivity contribution in [2.24, 2.45) is 5.92 Å². The first-order chi connectivity index (χ1) is 11.8. The fraction of sp³-hybridized carbons (Fsp3) is 0.500. The number of piperidine rings is 1. The van der Waals surface area contributed by atoms with Gasteiger partial charge in [0.1, 0.15) is 5.75 Å². The van der Waals surface area contributed by atoms with Gasteiger partial charge in [0.15, 0.2) is 6.61 Å². The summed E-state index contributed by atoms with van der Waals surface area (Å²) >= 11 is 0. The second-order valence-electron chi connectivity index (χ2n) is 5.87. The van der Waals surface area contributed by atoms with Crippen LogP contribution < -0.4 is 15.4 Å². The molecule has 25 heavy (non-hydrogen) atoms. The number of hydrogen-bond acceptors (Lipinski definition) is 4. The summed E-state index contributed by atoms with van der Waals surface area (Å²) in [4.78, 5) is 20.2. The van der Waals surface area contributed by atoms with Gasteiger partial charge in [-0.3, -0.25) is 4.79 Å². The van der Waals surface area contributed by atoms with Crippen LogP contribution in [0.25, 0.3) is 0 Å². The molecule has 2 aliphatic heterocycles. The minimum absolute atomic E-state index is 0.0680. The van der Waals surface area contributed by atoms with Crippen LogP contribution >= 0.6 is 0 Å². The smallest absolute Gasteiger partial charge is 0.482 e. The molecule has 0 saturated carbocycles. The van der Waals surface area contributed by atoms with E-state index in [9.17, 15) is 18.0 Å². The third-order valence-electron chi connectivity index (χ3n) is 3.90. The summed E-state index contributed by atoms with van der Waals surface area (Å²) in [5.41, 5.74) is 2.10. The largest absolute Gasteiger partial charge is 0.490 e. The number of nitrogens with one attached hydrogen (secondary N) is 2. The Morgan fingerprint density at radius 3 is 2.52 bits per heavy atom. The second-order valence-corrected chi connectivity index (χ2v) is 5.87. The van der Waals surface area contributed by atoms with E-state index in [1.807, 2.05) is 6.07 Å². The average Bonchev–Trinajstić information content (AvgIpc) is 2.55. The third kappa shape index (κ3) is 5.93. The normalized spacial score (nSPS) is 17.5. The molecular weight excluding hydrogens is 341 g/mol. The predicted octanol–water partition coefficient (Wildman–Crippen LogP) is 2.19. The number of hydrogen-bond donors (Lipinski definition) is 3. The molecule has 1 saturated heterocycles. The van der Waals surface area contributed by atoms with E-state index in [-0.39, 0.29) is 12.5 Å². The van der Waals surface area contributed by atoms with Crippen LogP contribution in [-0.4, -0.2) is 42.9 Å². The van der Waals surface area contributed by atoms with Crippen molar-refractivity contribution in [2.75, 3.05) is 25.0 Å². The number of anilines is 1. The highest BCUT2D eigenvalue weighted by Crippen LogP contribution is 2.30. The number of halogens is 3. The lowest BCUT2D eigenvalue weighted by Gasteiger charge is -2.23. The quantitative estimate of drug-likeness (QED) is 0.753. The van der Waals surface area contributed by atoms with Crippen molar-refractivity contribution in [3.05, 3.63) is 23.8 Å². The molecule has 0 bridgehead atoms. The molecular formula is C16H19F3N2O4. The fourth-order valence-corrected chi connectivity index (χ4v) is 2.68. The number of carboxylic acid groups (broad SMARTS) is 1. The molecule has 2 heterocycles. The zero-order valence-corrected chi connectivity index (χ0v) is 13.4. The predicted molar refractivity (Wildman–Crippen MR) is 83.6 cm³/mol. The third-order valence-corrected chi connectivity index (χ3v) is 3.90. The highest BCUT2D eigenvalue weighted by molar-refractivity contribution is 5.95. The molecule has 0 atom stereocenters. The summed E-state index contributed by atoms with van der Waals surface area (Å²) in [7, 11) is 0. The first-order valence-corrected chi connectivity index (χ1v) is 7.82. The molecule has 2 aliphatic rings. The van der Waals surface area contributed by atoms with Gasteiger partial charge >= 0.3 is 12.1 Å². The van der Waals surface area contributed by atoms with Crippen LogP contribution in [0.3, 0.4) is 0 Å². The van der Waals surface area contributed by atoms with Gasteiger partial charge in [-0.25, -0.2) is 4.79 Å². The van der Waals surface area contributed by atoms with Gasteiger partial charge in [-0.1, -0.05) is 6.07 Å². The van der Waals surface area contributed by atoms with Crippen molar-refractivity contribution < 1.29 is 32.6 Å². The Hall–Kier alpha value is -2.29. The number of ether oxygens (including phenoxy) is 1. The maximum Gasteiger partial charge on any atom is 0.490 e. The van der Waals surface area contributed by atoms with Gasteiger partial charge in [-0.2, -0.15) is 13.2 Å². The highest BCUT2D eigenvalue weighted by atomic mass is 19.4. The molecule has 0 radical (unpaired) electrons. The van der Waals surface area contributed by atoms with Crippen molar-refractivity contribution in [3.63, 3.8) is 0 Å². The number of rotatable bonds is 2. The van der Waals surface area contributed by atoms with Crippen LogP contribution in [0.15, 0.2) is 18.2 Å². The van der Waals surface area contributed by atoms with Crippen molar-refractivity contribution in [3.8, 4) is 5.75 Å². The van der Waals surface area contributed by atoms with Crippen LogP contribution in [0.4, 0.5) is 18.9 Å². The van der Waals surface area contributed by atoms with E-state index in [0.717, 1.165) is 36.9 Å². The summed E-state index contributed by atoms with van der Waals surface area (Å²) in [6.07, 6.45) is -1.52. The fourth-order valence-electron chi connectivity index (χ4n) is 2.68. The van der Waals surface area contributed by atoms with Crippen LogP contribution in [0.1, 0.15) is 18.4 Å². The molecule has 1 aromatic rings. The Kier molecular flexibility index (Phi) is 6.24. The Labute approximate surface area is 142 Å². The molecule has 138 valence electrons. The zero-order valence-electron chi connectivity index (χ0n) is 13.4. The summed E-state index contributed by atoms with van der Waals surface area (Å²) in [5.74, 6) is -1.29. The van der Waals surface area contributed by atoms with E-state index in [1.165, 1.54) is 18.4 Å². The molecule has 6 nitrogen and oxygen atoms in total. The summed E-state index contributed by atoms with van der Waals surface area (Å²) in [6.45, 7) is 2.37. The van der Waals surface area contributed by atoms with Gasteiger partial charge in [-0.05, 0) is 56.0 Å². The van der Waals surface area contributed by atoms with Gasteiger partial charge in [0.05, 0.1) is 5.69 Å². The molecule has 3 rings (SSSR count). The minimum atomic E-state index is -5.08. The molecule has 1 aromatic carbocycles. The lowest BCUT2D eigenvalue weighted by molar-refractivity contribution is -0.192. The van der Waals surface area contributed by atoms with E-state index in [1.54, 1.807) is 0 Å². The zero-order chi connectivity index (χ0) is 18.4. The van der Waals surface area contributed by atoms with Gasteiger partial charge in [0.25, 0.3) is 5.91 Å². The monoisotopic (exact) mass is 360 g/mol. The van der Waals surface area contributed by atoms with Crippen molar-refractivity contribution in [1.29, 1.82) is 0 Å². The Bertz CT molecular complexity index is 628. The van der Waals surface area contributed by atoms with E-state index < -0.39 is 12.1 Å². The Balaban J connectivity index is 0.000000277. The number of amides is 1. The van der Waals surface area contributed by atoms with Crippen LogP contribution in [0.2, 0.25) is 0 Å². The number of carbonyl (C=O) groups excluding carboxylic acids is 1. The van der Waals surface area contributed by atoms with Crippen LogP contribution in [-0.2, 0) is 16.0 Å². The van der Waals surface area contributed by atoms with Gasteiger partial charge < -0.3 is 20.5 Å². The van der Waals surface area contributed by atoms with Crippen molar-refractivity contribution >= 4 is 17.6 Å². The highest BCUT2D eigenvalue weighted by Gasteiger charge is 2.38. The van der Waals surface area contributed by atoms with E-state index in [2.05, 4.69) is 22.8 Å². The topological polar surface area (TPSA) is 87.7 Å². The molecule has 0 aromatic heterocycles. The molecule has 1 amide bonds. The van der Waals surface area contributed by atoms with Gasteiger partial charge in [-0.15, -0.1) is 0 Å². The number of aliphatic carboxylic acids is 1. The number of fused-ring (bicyclic) bond motifs is 1. The lowest BCUT2D eigenvalue weighted by Crippen LogP contribution is -2.29. The van der Waals surface area contributed by atoms with Gasteiger partial charge in [0, 0.05) is 0 Å². The first-order valence-electron chi connectivity index (χ1n) is 7.82. The van der Waals surface area contributed by atoms with E-state index >= 15 is 0 Å². The molecule has 0 unspecified atom stereocenters. The summed E-state index contributed by atoms with van der Waals surface area (Å²) < 4.78 is 37.1. The maximum atomic E-state index is 11.3. The number of benzene rings is 1. The van der Waals surface area contributed by atoms with E-state index in [4.69, 9.17) is 14.6 Å². The SMILES string of the molecule is O=C(O)C(F)(F)F.O=C1COc2ccc(CC3CCNCC3)cc2N1. The first kappa shape index (κ1) is 19.0. The van der Waals surface area contributed by atoms with E-state index in [0.29, 0.717) is 0 Å². The molecule has 1 fully saturated rings. The molecule has 0 aliphatic carbocycles. The molecule has 0 spiro atoms. The Morgan fingerprint density at radius 2 is 1.92 bits per heavy atom. The van der Waals surface area contributed by atoms with Crippen molar-refractivity contribution in [2.45, 2.75) is 25.4 Å². The Morgan fingerprint density at radius 1 is 1.28 bits per heavy atom. The number of carbonyl (C=O) groups is 2. The maximum absolute atomic E-state index is 11.3. The average molecular weight is 360 g/mol. The molecule has 9 heteroatoms.